The molecule has 1 aromatic heterocycles. The van der Waals surface area contributed by atoms with Crippen LogP contribution in [0.4, 0.5) is 11.5 Å². The summed E-state index contributed by atoms with van der Waals surface area (Å²) >= 11 is 0. The Morgan fingerprint density at radius 1 is 1.32 bits per heavy atom. The molecule has 96 valence electrons. The molecule has 4 nitrogen and oxygen atoms in total. The van der Waals surface area contributed by atoms with Crippen LogP contribution in [0.2, 0.25) is 0 Å². The average molecular weight is 252 g/mol. The van der Waals surface area contributed by atoms with Crippen LogP contribution in [0.5, 0.6) is 0 Å². The average Bonchev–Trinajstić information content (AvgIpc) is 2.42. The minimum Gasteiger partial charge on any atom is -0.397 e. The molecule has 2 rings (SSSR count). The van der Waals surface area contributed by atoms with Gasteiger partial charge in [-0.15, -0.1) is 0 Å². The van der Waals surface area contributed by atoms with E-state index < -0.39 is 0 Å². The van der Waals surface area contributed by atoms with Crippen LogP contribution in [0.25, 0.3) is 0 Å². The molecule has 0 aliphatic rings. The summed E-state index contributed by atoms with van der Waals surface area (Å²) in [5.41, 5.74) is 9.04. The largest absolute Gasteiger partial charge is 0.397 e. The van der Waals surface area contributed by atoms with Crippen LogP contribution in [-0.2, 0) is 6.54 Å². The van der Waals surface area contributed by atoms with E-state index in [0.717, 1.165) is 17.1 Å². The van der Waals surface area contributed by atoms with Gasteiger partial charge in [0.05, 0.1) is 23.0 Å². The molecule has 0 spiro atoms. The Morgan fingerprint density at radius 2 is 2.11 bits per heavy atom. The van der Waals surface area contributed by atoms with E-state index in [1.807, 2.05) is 49.2 Å². The zero-order valence-corrected chi connectivity index (χ0v) is 11.1. The molecule has 0 fully saturated rings. The summed E-state index contributed by atoms with van der Waals surface area (Å²) < 4.78 is 0. The number of rotatable bonds is 3. The van der Waals surface area contributed by atoms with Crippen LogP contribution in [0, 0.1) is 18.3 Å². The first kappa shape index (κ1) is 12.9. The normalized spacial score (nSPS) is 9.95. The predicted octanol–water partition coefficient (Wildman–Crippen LogP) is 2.48. The molecule has 0 atom stereocenters. The minimum absolute atomic E-state index is 0.673. The van der Waals surface area contributed by atoms with Gasteiger partial charge in [-0.2, -0.15) is 5.26 Å². The number of benzene rings is 1. The molecule has 1 aromatic carbocycles. The Hall–Kier alpha value is -2.54. The van der Waals surface area contributed by atoms with E-state index in [1.165, 1.54) is 0 Å². The van der Waals surface area contributed by atoms with Gasteiger partial charge in [-0.25, -0.2) is 4.98 Å². The van der Waals surface area contributed by atoms with E-state index in [9.17, 15) is 0 Å². The Labute approximate surface area is 113 Å². The molecule has 0 saturated carbocycles. The Balaban J connectivity index is 2.18. The molecular weight excluding hydrogens is 236 g/mol. The zero-order valence-electron chi connectivity index (χ0n) is 11.1. The fourth-order valence-corrected chi connectivity index (χ4v) is 1.87. The molecular formula is C15H16N4. The van der Waals surface area contributed by atoms with Crippen molar-refractivity contribution in [3.8, 4) is 6.07 Å². The van der Waals surface area contributed by atoms with Crippen molar-refractivity contribution in [1.82, 2.24) is 4.98 Å². The number of aromatic nitrogens is 1. The molecule has 19 heavy (non-hydrogen) atoms. The molecule has 2 aromatic rings. The van der Waals surface area contributed by atoms with E-state index in [1.54, 1.807) is 6.07 Å². The third-order valence-electron chi connectivity index (χ3n) is 2.98. The van der Waals surface area contributed by atoms with Gasteiger partial charge in [0.15, 0.2) is 0 Å². The monoisotopic (exact) mass is 252 g/mol. The Kier molecular flexibility index (Phi) is 3.67. The summed E-state index contributed by atoms with van der Waals surface area (Å²) in [5.74, 6) is 0.870. The van der Waals surface area contributed by atoms with Crippen LogP contribution in [0.15, 0.2) is 36.4 Å². The Morgan fingerprint density at radius 3 is 2.79 bits per heavy atom. The van der Waals surface area contributed by atoms with Crippen molar-refractivity contribution >= 4 is 11.5 Å². The van der Waals surface area contributed by atoms with Gasteiger partial charge in [0, 0.05) is 13.6 Å². The summed E-state index contributed by atoms with van der Waals surface area (Å²) in [6.45, 7) is 2.59. The van der Waals surface area contributed by atoms with E-state index >= 15 is 0 Å². The number of nitriles is 1. The lowest BCUT2D eigenvalue weighted by atomic mass is 10.1. The van der Waals surface area contributed by atoms with E-state index in [0.29, 0.717) is 17.8 Å². The van der Waals surface area contributed by atoms with Crippen LogP contribution >= 0.6 is 0 Å². The number of pyridine rings is 1. The maximum atomic E-state index is 8.89. The molecule has 2 N–H and O–H groups in total. The molecule has 0 amide bonds. The molecule has 0 bridgehead atoms. The molecule has 1 heterocycles. The number of anilines is 2. The standard InChI is InChI=1S/C15H16N4/c1-11-14(17)6-7-15(18-11)19(2)10-13-5-3-4-12(8-13)9-16/h3-8H,10,17H2,1-2H3. The highest BCUT2D eigenvalue weighted by Gasteiger charge is 2.05. The summed E-state index contributed by atoms with van der Waals surface area (Å²) in [6.07, 6.45) is 0. The summed E-state index contributed by atoms with van der Waals surface area (Å²) in [5, 5.41) is 8.89. The number of nitrogens with zero attached hydrogens (tertiary/aromatic N) is 3. The fraction of sp³-hybridized carbons (Fsp3) is 0.200. The highest BCUT2D eigenvalue weighted by atomic mass is 15.2. The highest BCUT2D eigenvalue weighted by Crippen LogP contribution is 2.17. The molecule has 0 radical (unpaired) electrons. The van der Waals surface area contributed by atoms with Gasteiger partial charge in [-0.05, 0) is 36.8 Å². The first-order valence-electron chi connectivity index (χ1n) is 6.03. The fourth-order valence-electron chi connectivity index (χ4n) is 1.87. The predicted molar refractivity (Wildman–Crippen MR) is 76.7 cm³/mol. The van der Waals surface area contributed by atoms with Crippen molar-refractivity contribution in [3.05, 3.63) is 53.2 Å². The summed E-state index contributed by atoms with van der Waals surface area (Å²) in [6, 6.07) is 13.5. The van der Waals surface area contributed by atoms with Gasteiger partial charge in [-0.1, -0.05) is 12.1 Å². The van der Waals surface area contributed by atoms with Crippen LogP contribution in [0.3, 0.4) is 0 Å². The number of nitrogen functional groups attached to an aromatic ring is 1. The maximum absolute atomic E-state index is 8.89. The second-order valence-electron chi connectivity index (χ2n) is 4.51. The number of hydrogen-bond acceptors (Lipinski definition) is 4. The highest BCUT2D eigenvalue weighted by molar-refractivity contribution is 5.50. The topological polar surface area (TPSA) is 65.9 Å². The molecule has 0 saturated heterocycles. The van der Waals surface area contributed by atoms with Crippen LogP contribution in [-0.4, -0.2) is 12.0 Å². The zero-order chi connectivity index (χ0) is 13.8. The third kappa shape index (κ3) is 3.02. The van der Waals surface area contributed by atoms with Crippen molar-refractivity contribution in [2.24, 2.45) is 0 Å². The molecule has 0 aliphatic heterocycles. The van der Waals surface area contributed by atoms with Gasteiger partial charge in [0.25, 0.3) is 0 Å². The van der Waals surface area contributed by atoms with Crippen molar-refractivity contribution < 1.29 is 0 Å². The van der Waals surface area contributed by atoms with Crippen LogP contribution < -0.4 is 10.6 Å². The lowest BCUT2D eigenvalue weighted by molar-refractivity contribution is 0.892. The van der Waals surface area contributed by atoms with Crippen molar-refractivity contribution in [2.75, 3.05) is 17.7 Å². The SMILES string of the molecule is Cc1nc(N(C)Cc2cccc(C#N)c2)ccc1N. The second-order valence-corrected chi connectivity index (χ2v) is 4.51. The second kappa shape index (κ2) is 5.40. The van der Waals surface area contributed by atoms with Crippen molar-refractivity contribution in [1.29, 1.82) is 5.26 Å². The first-order valence-corrected chi connectivity index (χ1v) is 6.03. The summed E-state index contributed by atoms with van der Waals surface area (Å²) in [7, 11) is 1.97. The van der Waals surface area contributed by atoms with Gasteiger partial charge in [-0.3, -0.25) is 0 Å². The quantitative estimate of drug-likeness (QED) is 0.911. The van der Waals surface area contributed by atoms with Gasteiger partial charge < -0.3 is 10.6 Å². The number of nitrogens with two attached hydrogens (primary N) is 1. The van der Waals surface area contributed by atoms with E-state index in [2.05, 4.69) is 11.1 Å². The third-order valence-corrected chi connectivity index (χ3v) is 2.98. The summed E-state index contributed by atoms with van der Waals surface area (Å²) in [4.78, 5) is 6.48. The van der Waals surface area contributed by atoms with Gasteiger partial charge in [0.1, 0.15) is 5.82 Å². The van der Waals surface area contributed by atoms with Crippen LogP contribution in [0.1, 0.15) is 16.8 Å². The van der Waals surface area contributed by atoms with Crippen molar-refractivity contribution in [3.63, 3.8) is 0 Å². The first-order chi connectivity index (χ1) is 9.10. The lowest BCUT2D eigenvalue weighted by Crippen LogP contribution is -2.18. The van der Waals surface area contributed by atoms with E-state index in [-0.39, 0.29) is 0 Å². The number of hydrogen-bond donors (Lipinski definition) is 1. The Bertz CT molecular complexity index is 628. The lowest BCUT2D eigenvalue weighted by Gasteiger charge is -2.19. The molecule has 0 aliphatic carbocycles. The maximum Gasteiger partial charge on any atom is 0.128 e. The van der Waals surface area contributed by atoms with Gasteiger partial charge in [0.2, 0.25) is 0 Å². The number of aryl methyl sites for hydroxylation is 1. The molecule has 0 unspecified atom stereocenters. The minimum atomic E-state index is 0.673. The van der Waals surface area contributed by atoms with E-state index in [4.69, 9.17) is 11.0 Å². The smallest absolute Gasteiger partial charge is 0.128 e. The van der Waals surface area contributed by atoms with Gasteiger partial charge >= 0.3 is 0 Å². The molecule has 4 heteroatoms. The van der Waals surface area contributed by atoms with Crippen molar-refractivity contribution in [2.45, 2.75) is 13.5 Å².